The molecule has 0 aliphatic rings. The van der Waals surface area contributed by atoms with Crippen LogP contribution in [0, 0.1) is 0 Å². The van der Waals surface area contributed by atoms with Crippen LogP contribution in [0.1, 0.15) is 17.3 Å². The van der Waals surface area contributed by atoms with Gasteiger partial charge in [-0.2, -0.15) is 0 Å². The molecule has 0 fully saturated rings. The number of hydrogen-bond acceptors (Lipinski definition) is 1. The predicted molar refractivity (Wildman–Crippen MR) is 95.7 cm³/mol. The number of rotatable bonds is 4. The molecule has 3 aromatic rings. The molecule has 0 spiro atoms. The molecule has 0 aromatic heterocycles. The molecule has 0 bridgehead atoms. The zero-order valence-corrected chi connectivity index (χ0v) is 13.1. The lowest BCUT2D eigenvalue weighted by atomic mass is 10.0. The summed E-state index contributed by atoms with van der Waals surface area (Å²) in [6.07, 6.45) is 0. The third-order valence-corrected chi connectivity index (χ3v) is 3.87. The minimum Gasteiger partial charge on any atom is -0.309 e. The van der Waals surface area contributed by atoms with E-state index in [1.165, 1.54) is 0 Å². The Balaban J connectivity index is 1.85. The first kappa shape index (κ1) is 15.0. The highest BCUT2D eigenvalue weighted by Crippen LogP contribution is 2.21. The molecule has 0 unspecified atom stereocenters. The molecule has 3 aromatic carbocycles. The van der Waals surface area contributed by atoms with E-state index < -0.39 is 0 Å². The summed E-state index contributed by atoms with van der Waals surface area (Å²) in [4.78, 5) is 14.5. The minimum atomic E-state index is 0.0262. The second kappa shape index (κ2) is 6.93. The molecule has 0 saturated carbocycles. The van der Waals surface area contributed by atoms with Gasteiger partial charge in [0.25, 0.3) is 5.91 Å². The predicted octanol–water partition coefficient (Wildman–Crippen LogP) is 5.02. The highest BCUT2D eigenvalue weighted by Gasteiger charge is 2.15. The Morgan fingerprint density at radius 1 is 0.739 bits per heavy atom. The van der Waals surface area contributed by atoms with Gasteiger partial charge in [-0.15, -0.1) is 0 Å². The molecule has 0 N–H and O–H groups in total. The maximum atomic E-state index is 12.8. The molecule has 2 nitrogen and oxygen atoms in total. The fourth-order valence-electron chi connectivity index (χ4n) is 2.64. The summed E-state index contributed by atoms with van der Waals surface area (Å²) in [7, 11) is 0. The third kappa shape index (κ3) is 3.32. The largest absolute Gasteiger partial charge is 0.309 e. The summed E-state index contributed by atoms with van der Waals surface area (Å²) >= 11 is 0. The number of para-hydroxylation sites is 1. The molecule has 0 saturated heterocycles. The number of nitrogens with zero attached hydrogens (tertiary/aromatic N) is 1. The maximum Gasteiger partial charge on any atom is 0.258 e. The van der Waals surface area contributed by atoms with E-state index >= 15 is 0 Å². The highest BCUT2D eigenvalue weighted by atomic mass is 16.2. The summed E-state index contributed by atoms with van der Waals surface area (Å²) in [5.74, 6) is 0.0262. The molecule has 114 valence electrons. The Hall–Kier alpha value is -2.87. The van der Waals surface area contributed by atoms with Crippen molar-refractivity contribution in [2.24, 2.45) is 0 Å². The van der Waals surface area contributed by atoms with Gasteiger partial charge in [-0.1, -0.05) is 60.7 Å². The van der Waals surface area contributed by atoms with Gasteiger partial charge in [0.2, 0.25) is 0 Å². The number of anilines is 1. The molecule has 3 rings (SSSR count). The van der Waals surface area contributed by atoms with Gasteiger partial charge in [-0.25, -0.2) is 0 Å². The van der Waals surface area contributed by atoms with Crippen molar-refractivity contribution in [3.05, 3.63) is 90.5 Å². The van der Waals surface area contributed by atoms with Crippen LogP contribution < -0.4 is 4.90 Å². The first-order valence-corrected chi connectivity index (χ1v) is 7.82. The van der Waals surface area contributed by atoms with Crippen molar-refractivity contribution in [2.45, 2.75) is 6.92 Å². The Kier molecular flexibility index (Phi) is 4.53. The molecule has 0 aliphatic carbocycles. The van der Waals surface area contributed by atoms with Crippen molar-refractivity contribution in [3.8, 4) is 11.1 Å². The second-order valence-electron chi connectivity index (χ2n) is 5.33. The quantitative estimate of drug-likeness (QED) is 0.662. The van der Waals surface area contributed by atoms with Crippen molar-refractivity contribution in [1.82, 2.24) is 0 Å². The molecule has 0 heterocycles. The van der Waals surface area contributed by atoms with Gasteiger partial charge in [-0.3, -0.25) is 4.79 Å². The summed E-state index contributed by atoms with van der Waals surface area (Å²) < 4.78 is 0. The minimum absolute atomic E-state index is 0.0262. The van der Waals surface area contributed by atoms with Crippen LogP contribution in [0.4, 0.5) is 5.69 Å². The second-order valence-corrected chi connectivity index (χ2v) is 5.33. The van der Waals surface area contributed by atoms with Crippen LogP contribution in [0.25, 0.3) is 11.1 Å². The Labute approximate surface area is 137 Å². The standard InChI is InChI=1S/C21H19NO/c1-2-22(20-11-7-4-8-12-20)21(23)19-15-13-18(14-16-19)17-9-5-3-6-10-17/h3-16H,2H2,1H3. The smallest absolute Gasteiger partial charge is 0.258 e. The lowest BCUT2D eigenvalue weighted by molar-refractivity contribution is 0.0988. The molecule has 0 radical (unpaired) electrons. The van der Waals surface area contributed by atoms with Gasteiger partial charge in [0.15, 0.2) is 0 Å². The number of hydrogen-bond donors (Lipinski definition) is 0. The number of benzene rings is 3. The summed E-state index contributed by atoms with van der Waals surface area (Å²) in [6, 6.07) is 27.7. The number of amides is 1. The highest BCUT2D eigenvalue weighted by molar-refractivity contribution is 6.06. The zero-order valence-electron chi connectivity index (χ0n) is 13.1. The molecule has 0 aliphatic heterocycles. The zero-order chi connectivity index (χ0) is 16.1. The average Bonchev–Trinajstić information content (AvgIpc) is 2.64. The number of carbonyl (C=O) groups is 1. The Morgan fingerprint density at radius 2 is 1.26 bits per heavy atom. The lowest BCUT2D eigenvalue weighted by Gasteiger charge is -2.21. The molecule has 23 heavy (non-hydrogen) atoms. The van der Waals surface area contributed by atoms with Crippen molar-refractivity contribution in [3.63, 3.8) is 0 Å². The van der Waals surface area contributed by atoms with Crippen LogP contribution in [0.5, 0.6) is 0 Å². The third-order valence-electron chi connectivity index (χ3n) is 3.87. The van der Waals surface area contributed by atoms with E-state index in [0.717, 1.165) is 16.8 Å². The summed E-state index contributed by atoms with van der Waals surface area (Å²) in [5, 5.41) is 0. The van der Waals surface area contributed by atoms with E-state index in [1.807, 2.05) is 79.7 Å². The monoisotopic (exact) mass is 301 g/mol. The van der Waals surface area contributed by atoms with E-state index in [2.05, 4.69) is 12.1 Å². The van der Waals surface area contributed by atoms with Gasteiger partial charge < -0.3 is 4.90 Å². The summed E-state index contributed by atoms with van der Waals surface area (Å²) in [5.41, 5.74) is 3.90. The molecular formula is C21H19NO. The van der Waals surface area contributed by atoms with Crippen molar-refractivity contribution in [2.75, 3.05) is 11.4 Å². The van der Waals surface area contributed by atoms with E-state index in [-0.39, 0.29) is 5.91 Å². The SMILES string of the molecule is CCN(C(=O)c1ccc(-c2ccccc2)cc1)c1ccccc1. The molecule has 0 atom stereocenters. The maximum absolute atomic E-state index is 12.8. The summed E-state index contributed by atoms with van der Waals surface area (Å²) in [6.45, 7) is 2.63. The van der Waals surface area contributed by atoms with Crippen LogP contribution in [0.2, 0.25) is 0 Å². The van der Waals surface area contributed by atoms with E-state index in [4.69, 9.17) is 0 Å². The van der Waals surface area contributed by atoms with Crippen LogP contribution in [-0.4, -0.2) is 12.5 Å². The molecule has 2 heteroatoms. The van der Waals surface area contributed by atoms with Crippen molar-refractivity contribution in [1.29, 1.82) is 0 Å². The van der Waals surface area contributed by atoms with Crippen LogP contribution in [0.15, 0.2) is 84.9 Å². The van der Waals surface area contributed by atoms with Gasteiger partial charge in [0.05, 0.1) is 0 Å². The van der Waals surface area contributed by atoms with Crippen LogP contribution >= 0.6 is 0 Å². The first-order valence-electron chi connectivity index (χ1n) is 7.82. The van der Waals surface area contributed by atoms with Gasteiger partial charge in [-0.05, 0) is 42.3 Å². The Bertz CT molecular complexity index is 764. The number of carbonyl (C=O) groups excluding carboxylic acids is 1. The van der Waals surface area contributed by atoms with Gasteiger partial charge in [0.1, 0.15) is 0 Å². The van der Waals surface area contributed by atoms with Gasteiger partial charge in [0, 0.05) is 17.8 Å². The Morgan fingerprint density at radius 3 is 1.83 bits per heavy atom. The van der Waals surface area contributed by atoms with Crippen molar-refractivity contribution >= 4 is 11.6 Å². The van der Waals surface area contributed by atoms with Crippen LogP contribution in [0.3, 0.4) is 0 Å². The fraction of sp³-hybridized carbons (Fsp3) is 0.0952. The van der Waals surface area contributed by atoms with E-state index in [9.17, 15) is 4.79 Å². The van der Waals surface area contributed by atoms with Gasteiger partial charge >= 0.3 is 0 Å². The topological polar surface area (TPSA) is 20.3 Å². The first-order chi connectivity index (χ1) is 11.3. The van der Waals surface area contributed by atoms with Crippen molar-refractivity contribution < 1.29 is 4.79 Å². The lowest BCUT2D eigenvalue weighted by Crippen LogP contribution is -2.30. The molecular weight excluding hydrogens is 282 g/mol. The normalized spacial score (nSPS) is 10.3. The van der Waals surface area contributed by atoms with Crippen LogP contribution in [-0.2, 0) is 0 Å². The van der Waals surface area contributed by atoms with E-state index in [1.54, 1.807) is 4.90 Å². The molecule has 1 amide bonds. The van der Waals surface area contributed by atoms with E-state index in [0.29, 0.717) is 12.1 Å². The average molecular weight is 301 g/mol. The fourth-order valence-corrected chi connectivity index (χ4v) is 2.64.